The highest BCUT2D eigenvalue weighted by atomic mass is 32.2. The second-order valence-corrected chi connectivity index (χ2v) is 45.1. The molecule has 25 nitrogen and oxygen atoms in total. The zero-order chi connectivity index (χ0) is 85.4. The molecule has 0 spiro atoms. The maximum absolute atomic E-state index is 13.9. The molecule has 12 unspecified atom stereocenters. The first kappa shape index (κ1) is 93.9. The number of aliphatic hydroxyl groups is 1. The van der Waals surface area contributed by atoms with Crippen molar-refractivity contribution in [1.82, 2.24) is 0 Å². The van der Waals surface area contributed by atoms with Crippen LogP contribution in [0.3, 0.4) is 0 Å². The van der Waals surface area contributed by atoms with E-state index >= 15 is 0 Å². The molecule has 0 aromatic heterocycles. The highest BCUT2D eigenvalue weighted by molar-refractivity contribution is 7.87. The molecule has 0 radical (unpaired) electrons. The van der Waals surface area contributed by atoms with Crippen LogP contribution in [0, 0.1) is 117 Å². The quantitative estimate of drug-likeness (QED) is 0.0128. The number of ether oxygens (including phenoxy) is 8. The van der Waals surface area contributed by atoms with Gasteiger partial charge in [-0.25, -0.2) is 0 Å². The number of fused-ring (bicyclic) bond motifs is 4. The number of halogens is 8. The minimum Gasteiger partial charge on any atom is -0.460 e. The average molecular weight is 1780 g/mol. The highest BCUT2D eigenvalue weighted by Gasteiger charge is 2.63. The topological polar surface area (TPSA) is 380 Å². The van der Waals surface area contributed by atoms with Crippen molar-refractivity contribution in [3.05, 3.63) is 0 Å². The number of alkyl halides is 8. The molecule has 0 aliphatic heterocycles. The Bertz CT molecular complexity index is 3830. The first-order chi connectivity index (χ1) is 55.3. The third-order valence-corrected chi connectivity index (χ3v) is 33.8. The van der Waals surface area contributed by atoms with Gasteiger partial charge >= 0.3 is 85.4 Å². The number of unbranched alkanes of at least 4 members (excludes halogenated alkanes) is 3. The zero-order valence-corrected chi connectivity index (χ0v) is 70.8. The van der Waals surface area contributed by atoms with Gasteiger partial charge < -0.3 is 43.0 Å². The van der Waals surface area contributed by atoms with Gasteiger partial charge in [0.05, 0.1) is 49.8 Å². The number of esters is 4. The van der Waals surface area contributed by atoms with E-state index in [2.05, 4.69) is 6.92 Å². The van der Waals surface area contributed by atoms with Crippen molar-refractivity contribution < 1.29 is 149 Å². The summed E-state index contributed by atoms with van der Waals surface area (Å²) >= 11 is 0. The summed E-state index contributed by atoms with van der Waals surface area (Å²) in [6.07, 6.45) is 33.6. The SMILES string of the molecule is CCCCCCC(=O)OC(COCC(F)(F)S(=O)(=O)O)C1CC2CCC1C2.O=C(OC(COCC(F)(F)S(=O)(=O)O)C12CC3CC(CC(C3)C1)C2)C12CC3CC(C1)C(O)C(C3)C2.O=C(OC(COCC(F)(F)S(=O)(=O)O)C12CC3CC(CC(C3)C1)C2)C1CCCC1.O=C(OC(COCC(F)(F)S(=O)(=O)O)C1CCCCC1)C1CC2CCC1C2. The van der Waals surface area contributed by atoms with Crippen LogP contribution in [0.25, 0.3) is 0 Å². The third-order valence-electron chi connectivity index (χ3n) is 30.4. The molecule has 18 aliphatic carbocycles. The van der Waals surface area contributed by atoms with Crippen molar-refractivity contribution in [2.24, 2.45) is 117 Å². The summed E-state index contributed by atoms with van der Waals surface area (Å²) in [5.74, 6) is 4.48. The number of rotatable bonds is 36. The largest absolute Gasteiger partial charge is 0.460 e. The van der Waals surface area contributed by atoms with Crippen LogP contribution < -0.4 is 0 Å². The van der Waals surface area contributed by atoms with Gasteiger partial charge in [0, 0.05) is 23.2 Å². The normalized spacial score (nSPS) is 35.6. The minimum absolute atomic E-state index is 0.0284. The van der Waals surface area contributed by atoms with E-state index in [1.165, 1.54) is 19.3 Å². The molecule has 16 bridgehead atoms. The molecule has 0 aromatic carbocycles. The van der Waals surface area contributed by atoms with Crippen molar-refractivity contribution >= 4 is 64.3 Å². The van der Waals surface area contributed by atoms with Gasteiger partial charge in [0.1, 0.15) is 50.8 Å². The molecule has 12 atom stereocenters. The van der Waals surface area contributed by atoms with Gasteiger partial charge in [0.15, 0.2) is 0 Å². The molecule has 678 valence electrons. The molecule has 5 N–H and O–H groups in total. The zero-order valence-electron chi connectivity index (χ0n) is 67.5. The number of hydrogen-bond acceptors (Lipinski definition) is 21. The van der Waals surface area contributed by atoms with Crippen LogP contribution in [0.15, 0.2) is 0 Å². The van der Waals surface area contributed by atoms with E-state index in [0.29, 0.717) is 77.9 Å². The molecule has 0 amide bonds. The third kappa shape index (κ3) is 22.4. The fraction of sp³-hybridized carbons (Fsp3) is 0.951. The smallest absolute Gasteiger partial charge is 0.392 e. The van der Waals surface area contributed by atoms with Crippen molar-refractivity contribution in [1.29, 1.82) is 0 Å². The minimum atomic E-state index is -5.59. The summed E-state index contributed by atoms with van der Waals surface area (Å²) < 4.78 is 273. The van der Waals surface area contributed by atoms with Crippen LogP contribution in [0.4, 0.5) is 35.1 Å². The highest BCUT2D eigenvalue weighted by Crippen LogP contribution is 2.66. The van der Waals surface area contributed by atoms with Gasteiger partial charge in [0.2, 0.25) is 0 Å². The lowest BCUT2D eigenvalue weighted by Gasteiger charge is -2.60. The molecule has 118 heavy (non-hydrogen) atoms. The molecule has 18 saturated carbocycles. The first-order valence-corrected chi connectivity index (χ1v) is 49.2. The number of carbonyl (C=O) groups excluding carboxylic acids is 4. The van der Waals surface area contributed by atoms with Crippen LogP contribution in [0.5, 0.6) is 0 Å². The molecule has 0 saturated heterocycles. The van der Waals surface area contributed by atoms with Gasteiger partial charge in [0.25, 0.3) is 0 Å². The fourth-order valence-corrected chi connectivity index (χ4v) is 26.6. The van der Waals surface area contributed by atoms with Gasteiger partial charge in [-0.15, -0.1) is 0 Å². The molecular formula is C81H124F8O25S4. The summed E-state index contributed by atoms with van der Waals surface area (Å²) in [5.41, 5.74) is -1.23. The molecular weight excluding hydrogens is 1650 g/mol. The van der Waals surface area contributed by atoms with Crippen LogP contribution in [0.2, 0.25) is 0 Å². The van der Waals surface area contributed by atoms with Crippen LogP contribution in [-0.4, -0.2) is 185 Å². The van der Waals surface area contributed by atoms with Crippen molar-refractivity contribution in [3.8, 4) is 0 Å². The standard InChI is InChI=1S/C25H36F2O7S.C20H30F2O6S.C18H28F2O6S.C18H30F2O6S/c26-25(27,35(30,31)32)13-33-12-20(23-6-14-1-15(7-23)3-16(2-14)8-23)34-22(29)24-9-17-4-18(10-24)21(28)19(5-17)11-24;21-20(22,29(24,25)26)12-27-11-17(28-18(23)16-3-1-2-4-16)19-8-13-5-14(9-19)7-15(6-13)10-19;19-18(20,27(22,23)24)11-25-10-16(13-4-2-1-3-5-13)26-17(21)15-9-12-6-7-14(15)8-12;1-2-3-4-5-6-17(21)26-16(15-10-13-7-8-14(15)9-13)11-25-12-18(19,20)27(22,23)24/h14-21,28H,1-13H2,(H,30,31,32);13-17H,1-12H2,(H,24,25,26);12-16H,1-11H2,(H,22,23,24);13-16H,2-12H2,1H3,(H,22,23,24). The molecule has 18 rings (SSSR count). The van der Waals surface area contributed by atoms with E-state index in [9.17, 15) is 93.1 Å². The van der Waals surface area contributed by atoms with E-state index in [-0.39, 0.29) is 109 Å². The number of hydrogen-bond donors (Lipinski definition) is 5. The van der Waals surface area contributed by atoms with Crippen molar-refractivity contribution in [3.63, 3.8) is 0 Å². The maximum atomic E-state index is 13.9. The molecule has 37 heteroatoms. The van der Waals surface area contributed by atoms with Crippen molar-refractivity contribution in [2.45, 2.75) is 309 Å². The Hall–Kier alpha value is -3.24. The molecule has 18 fully saturated rings. The molecule has 0 heterocycles. The van der Waals surface area contributed by atoms with E-state index in [4.69, 9.17) is 56.1 Å². The van der Waals surface area contributed by atoms with Gasteiger partial charge in [-0.2, -0.15) is 68.8 Å². The fourth-order valence-electron chi connectivity index (χ4n) is 25.6. The van der Waals surface area contributed by atoms with Gasteiger partial charge in [-0.1, -0.05) is 71.1 Å². The Morgan fingerprint density at radius 2 is 0.788 bits per heavy atom. The Morgan fingerprint density at radius 3 is 1.19 bits per heavy atom. The summed E-state index contributed by atoms with van der Waals surface area (Å²) in [6.45, 7) is -4.93. The predicted molar refractivity (Wildman–Crippen MR) is 407 cm³/mol. The number of aliphatic hydroxyl groups excluding tert-OH is 1. The summed E-state index contributed by atoms with van der Waals surface area (Å²) in [4.78, 5) is 51.3. The Morgan fingerprint density at radius 1 is 0.390 bits per heavy atom. The van der Waals surface area contributed by atoms with E-state index in [1.807, 2.05) is 0 Å². The summed E-state index contributed by atoms with van der Waals surface area (Å²) in [6, 6.07) is 0. The van der Waals surface area contributed by atoms with E-state index < -0.39 is 118 Å². The van der Waals surface area contributed by atoms with Gasteiger partial charge in [-0.3, -0.25) is 37.4 Å². The lowest BCUT2D eigenvalue weighted by Crippen LogP contribution is -2.59. The number of carbonyl (C=O) groups is 4. The van der Waals surface area contributed by atoms with Gasteiger partial charge in [-0.05, 0) is 263 Å². The van der Waals surface area contributed by atoms with E-state index in [1.54, 1.807) is 0 Å². The lowest BCUT2D eigenvalue weighted by atomic mass is 9.47. The summed E-state index contributed by atoms with van der Waals surface area (Å²) in [5, 5.41) is -6.95. The second-order valence-electron chi connectivity index (χ2n) is 38.9. The predicted octanol–water partition coefficient (Wildman–Crippen LogP) is 14.8. The summed E-state index contributed by atoms with van der Waals surface area (Å²) in [7, 11) is -22.2. The van der Waals surface area contributed by atoms with Crippen LogP contribution in [-0.2, 0) is 97.5 Å². The van der Waals surface area contributed by atoms with E-state index in [0.717, 1.165) is 212 Å². The molecule has 0 aromatic rings. The van der Waals surface area contributed by atoms with Crippen LogP contribution in [0.1, 0.15) is 257 Å². The first-order valence-electron chi connectivity index (χ1n) is 43.5. The average Bonchev–Trinajstić information content (AvgIpc) is 1.38. The van der Waals surface area contributed by atoms with Crippen LogP contribution >= 0.6 is 0 Å². The lowest BCUT2D eigenvalue weighted by molar-refractivity contribution is -0.211. The monoisotopic (exact) mass is 1780 g/mol. The Labute approximate surface area is 688 Å². The molecule has 18 aliphatic rings. The maximum Gasteiger partial charge on any atom is 0.392 e. The Kier molecular flexibility index (Phi) is 30.0. The Balaban J connectivity index is 0.000000146. The second kappa shape index (κ2) is 37.7. The van der Waals surface area contributed by atoms with Crippen molar-refractivity contribution in [2.75, 3.05) is 52.9 Å².